The van der Waals surface area contributed by atoms with Crippen LogP contribution in [0.1, 0.15) is 25.2 Å². The molecule has 45 heavy (non-hydrogen) atoms. The highest BCUT2D eigenvalue weighted by Gasteiger charge is 2.28. The first-order valence-electron chi connectivity index (χ1n) is 15.3. The molecule has 4 aromatic heterocycles. The van der Waals surface area contributed by atoms with Gasteiger partial charge in [0.2, 0.25) is 0 Å². The molecule has 0 saturated heterocycles. The van der Waals surface area contributed by atoms with Crippen molar-refractivity contribution in [3.05, 3.63) is 169 Å². The van der Waals surface area contributed by atoms with Crippen LogP contribution in [0.25, 0.3) is 55.7 Å². The van der Waals surface area contributed by atoms with Crippen molar-refractivity contribution in [2.45, 2.75) is 19.3 Å². The van der Waals surface area contributed by atoms with E-state index in [9.17, 15) is 0 Å². The van der Waals surface area contributed by atoms with Crippen LogP contribution in [-0.4, -0.2) is 19.1 Å². The van der Waals surface area contributed by atoms with Gasteiger partial charge in [0, 0.05) is 51.1 Å². The van der Waals surface area contributed by atoms with Gasteiger partial charge in [-0.15, -0.1) is 0 Å². The van der Waals surface area contributed by atoms with E-state index in [1.54, 1.807) is 0 Å². The van der Waals surface area contributed by atoms with Crippen molar-refractivity contribution in [3.8, 4) is 33.9 Å². The summed E-state index contributed by atoms with van der Waals surface area (Å²) >= 11 is 0. The summed E-state index contributed by atoms with van der Waals surface area (Å²) in [7, 11) is 0. The Balaban J connectivity index is 1.21. The van der Waals surface area contributed by atoms with Crippen LogP contribution >= 0.6 is 0 Å². The fraction of sp³-hybridized carbons (Fsp3) is 0.0732. The number of benzene rings is 4. The Labute approximate surface area is 262 Å². The van der Waals surface area contributed by atoms with E-state index in [4.69, 9.17) is 9.97 Å². The Morgan fingerprint density at radius 3 is 1.27 bits per heavy atom. The van der Waals surface area contributed by atoms with Crippen molar-refractivity contribution in [3.63, 3.8) is 0 Å². The third kappa shape index (κ3) is 4.63. The van der Waals surface area contributed by atoms with Gasteiger partial charge < -0.3 is 9.13 Å². The van der Waals surface area contributed by atoms with Gasteiger partial charge >= 0.3 is 0 Å². The standard InChI is InChI=1S/C41H32N4/c1-41(2,39-25-13-21-35(42-39)33-27-44(29-15-5-3-6-16-29)37-23-11-9-19-31(33)37)40-26-14-22-36(43-40)34-28-45(30-17-7-4-8-18-30)38-24-12-10-20-32(34)38/h3-28H,1-2H3. The molecule has 0 spiro atoms. The highest BCUT2D eigenvalue weighted by molar-refractivity contribution is 5.97. The van der Waals surface area contributed by atoms with Crippen LogP contribution in [0.15, 0.2) is 158 Å². The zero-order valence-corrected chi connectivity index (χ0v) is 25.3. The molecule has 0 aliphatic heterocycles. The summed E-state index contributed by atoms with van der Waals surface area (Å²) in [5.41, 5.74) is 10.2. The fourth-order valence-electron chi connectivity index (χ4n) is 6.37. The number of aromatic nitrogens is 4. The Hall–Kier alpha value is -5.74. The molecule has 4 nitrogen and oxygen atoms in total. The van der Waals surface area contributed by atoms with Crippen LogP contribution in [-0.2, 0) is 5.41 Å². The molecular formula is C41H32N4. The van der Waals surface area contributed by atoms with Gasteiger partial charge in [0.15, 0.2) is 0 Å². The minimum atomic E-state index is -0.429. The molecule has 0 atom stereocenters. The summed E-state index contributed by atoms with van der Waals surface area (Å²) in [4.78, 5) is 10.6. The zero-order chi connectivity index (χ0) is 30.4. The van der Waals surface area contributed by atoms with E-state index in [-0.39, 0.29) is 0 Å². The largest absolute Gasteiger partial charge is 0.316 e. The summed E-state index contributed by atoms with van der Waals surface area (Å²) in [6, 6.07) is 50.7. The number of nitrogens with zero attached hydrogens (tertiary/aromatic N) is 4. The molecule has 4 heterocycles. The highest BCUT2D eigenvalue weighted by Crippen LogP contribution is 2.37. The normalized spacial score (nSPS) is 11.8. The van der Waals surface area contributed by atoms with Crippen molar-refractivity contribution in [2.24, 2.45) is 0 Å². The molecule has 4 heteroatoms. The van der Waals surface area contributed by atoms with Crippen molar-refractivity contribution in [1.29, 1.82) is 0 Å². The van der Waals surface area contributed by atoms with Crippen LogP contribution in [0.3, 0.4) is 0 Å². The SMILES string of the molecule is CC(C)(c1cccc(-c2cn(-c3ccccc3)c3ccccc23)n1)c1cccc(-c2cn(-c3ccccc3)c3ccccc23)n1. The van der Waals surface area contributed by atoms with Crippen LogP contribution in [0, 0.1) is 0 Å². The van der Waals surface area contributed by atoms with E-state index < -0.39 is 5.41 Å². The number of fused-ring (bicyclic) bond motifs is 2. The molecule has 0 aliphatic carbocycles. The lowest BCUT2D eigenvalue weighted by Crippen LogP contribution is -2.22. The Bertz CT molecular complexity index is 2130. The van der Waals surface area contributed by atoms with Crippen LogP contribution in [0.5, 0.6) is 0 Å². The monoisotopic (exact) mass is 580 g/mol. The summed E-state index contributed by atoms with van der Waals surface area (Å²) < 4.78 is 4.50. The molecule has 0 saturated carbocycles. The quantitative estimate of drug-likeness (QED) is 0.196. The molecule has 0 aliphatic rings. The van der Waals surface area contributed by atoms with Gasteiger partial charge in [0.25, 0.3) is 0 Å². The molecule has 0 bridgehead atoms. The number of hydrogen-bond donors (Lipinski definition) is 0. The average molecular weight is 581 g/mol. The van der Waals surface area contributed by atoms with Gasteiger partial charge in [-0.25, -0.2) is 0 Å². The first-order chi connectivity index (χ1) is 22.1. The zero-order valence-electron chi connectivity index (χ0n) is 25.3. The lowest BCUT2D eigenvalue weighted by atomic mass is 9.84. The van der Waals surface area contributed by atoms with E-state index in [1.165, 1.54) is 10.8 Å². The first kappa shape index (κ1) is 26.9. The summed E-state index contributed by atoms with van der Waals surface area (Å²) in [5.74, 6) is 0. The fourth-order valence-corrected chi connectivity index (χ4v) is 6.37. The second-order valence-corrected chi connectivity index (χ2v) is 12.0. The number of pyridine rings is 2. The number of para-hydroxylation sites is 4. The maximum absolute atomic E-state index is 5.29. The highest BCUT2D eigenvalue weighted by atomic mass is 15.0. The molecule has 0 fully saturated rings. The third-order valence-corrected chi connectivity index (χ3v) is 8.82. The second kappa shape index (κ2) is 10.8. The smallest absolute Gasteiger partial charge is 0.0727 e. The number of hydrogen-bond acceptors (Lipinski definition) is 2. The van der Waals surface area contributed by atoms with Gasteiger partial charge in [-0.2, -0.15) is 0 Å². The van der Waals surface area contributed by atoms with E-state index in [0.29, 0.717) is 0 Å². The van der Waals surface area contributed by atoms with Crippen molar-refractivity contribution in [1.82, 2.24) is 19.1 Å². The average Bonchev–Trinajstić information content (AvgIpc) is 3.69. The molecular weight excluding hydrogens is 548 g/mol. The molecule has 0 radical (unpaired) electrons. The Kier molecular flexibility index (Phi) is 6.42. The van der Waals surface area contributed by atoms with Crippen LogP contribution in [0.2, 0.25) is 0 Å². The molecule has 4 aromatic carbocycles. The molecule has 0 unspecified atom stereocenters. The maximum atomic E-state index is 5.29. The molecule has 0 N–H and O–H groups in total. The van der Waals surface area contributed by atoms with Crippen LogP contribution in [0.4, 0.5) is 0 Å². The Morgan fingerprint density at radius 1 is 0.422 bits per heavy atom. The maximum Gasteiger partial charge on any atom is 0.0727 e. The van der Waals surface area contributed by atoms with Crippen molar-refractivity contribution >= 4 is 21.8 Å². The molecule has 8 aromatic rings. The van der Waals surface area contributed by atoms with Crippen molar-refractivity contribution in [2.75, 3.05) is 0 Å². The van der Waals surface area contributed by atoms with E-state index >= 15 is 0 Å². The lowest BCUT2D eigenvalue weighted by molar-refractivity contribution is 0.597. The predicted molar refractivity (Wildman–Crippen MR) is 185 cm³/mol. The van der Waals surface area contributed by atoms with Crippen LogP contribution < -0.4 is 0 Å². The van der Waals surface area contributed by atoms with Gasteiger partial charge in [-0.05, 0) is 74.5 Å². The molecule has 8 rings (SSSR count). The van der Waals surface area contributed by atoms with Gasteiger partial charge in [0.05, 0.1) is 33.8 Å². The van der Waals surface area contributed by atoms with E-state index in [2.05, 4.69) is 169 Å². The summed E-state index contributed by atoms with van der Waals surface area (Å²) in [6.07, 6.45) is 4.42. The summed E-state index contributed by atoms with van der Waals surface area (Å²) in [5, 5.41) is 2.36. The van der Waals surface area contributed by atoms with Crippen molar-refractivity contribution < 1.29 is 0 Å². The van der Waals surface area contributed by atoms with E-state index in [0.717, 1.165) is 56.3 Å². The molecule has 216 valence electrons. The van der Waals surface area contributed by atoms with E-state index in [1.807, 2.05) is 12.1 Å². The summed E-state index contributed by atoms with van der Waals surface area (Å²) in [6.45, 7) is 4.43. The lowest BCUT2D eigenvalue weighted by Gasteiger charge is -2.24. The minimum absolute atomic E-state index is 0.429. The first-order valence-corrected chi connectivity index (χ1v) is 15.3. The Morgan fingerprint density at radius 2 is 0.822 bits per heavy atom. The van der Waals surface area contributed by atoms with Gasteiger partial charge in [-0.3, -0.25) is 9.97 Å². The predicted octanol–water partition coefficient (Wildman–Crippen LogP) is 10.0. The minimum Gasteiger partial charge on any atom is -0.316 e. The topological polar surface area (TPSA) is 35.6 Å². The molecule has 0 amide bonds. The van der Waals surface area contributed by atoms with Gasteiger partial charge in [0.1, 0.15) is 0 Å². The van der Waals surface area contributed by atoms with Gasteiger partial charge in [-0.1, -0.05) is 84.9 Å². The second-order valence-electron chi connectivity index (χ2n) is 12.0. The number of rotatable bonds is 6. The third-order valence-electron chi connectivity index (χ3n) is 8.82.